The van der Waals surface area contributed by atoms with Crippen molar-refractivity contribution in [2.24, 2.45) is 0 Å². The smallest absolute Gasteiger partial charge is 0.254 e. The van der Waals surface area contributed by atoms with Gasteiger partial charge in [-0.3, -0.25) is 4.79 Å². The maximum atomic E-state index is 11.9. The summed E-state index contributed by atoms with van der Waals surface area (Å²) in [5, 5.41) is 18.1. The zero-order valence-electron chi connectivity index (χ0n) is 9.56. The van der Waals surface area contributed by atoms with Gasteiger partial charge in [0.05, 0.1) is 6.07 Å². The molecule has 1 aromatic carbocycles. The van der Waals surface area contributed by atoms with Crippen LogP contribution in [0.15, 0.2) is 18.2 Å². The van der Waals surface area contributed by atoms with E-state index in [0.717, 1.165) is 0 Å². The molecule has 0 aliphatic rings. The molecular formula is C12H14N2O2. The topological polar surface area (TPSA) is 64.3 Å². The molecule has 1 atom stereocenters. The third kappa shape index (κ3) is 2.31. The van der Waals surface area contributed by atoms with E-state index in [-0.39, 0.29) is 11.7 Å². The van der Waals surface area contributed by atoms with E-state index >= 15 is 0 Å². The number of aromatic hydroxyl groups is 1. The fourth-order valence-corrected chi connectivity index (χ4v) is 1.25. The van der Waals surface area contributed by atoms with Crippen LogP contribution in [-0.4, -0.2) is 29.0 Å². The molecule has 4 nitrogen and oxygen atoms in total. The highest BCUT2D eigenvalue weighted by Crippen LogP contribution is 2.18. The number of phenolic OH excluding ortho intramolecular Hbond substituents is 1. The number of nitrogens with zero attached hydrogens (tertiary/aromatic N) is 2. The second-order valence-corrected chi connectivity index (χ2v) is 3.72. The SMILES string of the molecule is Cc1cc(C(=O)N(C)C(C)C#N)ccc1O. The fraction of sp³-hybridized carbons (Fsp3) is 0.333. The lowest BCUT2D eigenvalue weighted by Gasteiger charge is -2.19. The standard InChI is InChI=1S/C12H14N2O2/c1-8-6-10(4-5-11(8)15)12(16)14(3)9(2)7-13/h4-6,9,15H,1-3H3. The number of phenols is 1. The third-order valence-electron chi connectivity index (χ3n) is 2.53. The van der Waals surface area contributed by atoms with Crippen LogP contribution in [-0.2, 0) is 0 Å². The molecule has 1 rings (SSSR count). The minimum Gasteiger partial charge on any atom is -0.508 e. The number of hydrogen-bond acceptors (Lipinski definition) is 3. The van der Waals surface area contributed by atoms with Gasteiger partial charge in [-0.2, -0.15) is 5.26 Å². The number of rotatable bonds is 2. The molecule has 1 aromatic rings. The number of carbonyl (C=O) groups excluding carboxylic acids is 1. The molecule has 0 aliphatic carbocycles. The number of amides is 1. The van der Waals surface area contributed by atoms with Crippen LogP contribution in [0.25, 0.3) is 0 Å². The molecule has 0 fully saturated rings. The number of carbonyl (C=O) groups is 1. The van der Waals surface area contributed by atoms with E-state index in [2.05, 4.69) is 0 Å². The maximum absolute atomic E-state index is 11.9. The summed E-state index contributed by atoms with van der Waals surface area (Å²) < 4.78 is 0. The summed E-state index contributed by atoms with van der Waals surface area (Å²) in [4.78, 5) is 13.3. The molecule has 0 radical (unpaired) electrons. The Morgan fingerprint density at radius 1 is 1.56 bits per heavy atom. The van der Waals surface area contributed by atoms with Gasteiger partial charge < -0.3 is 10.0 Å². The van der Waals surface area contributed by atoms with Crippen LogP contribution in [0.5, 0.6) is 5.75 Å². The fourth-order valence-electron chi connectivity index (χ4n) is 1.25. The van der Waals surface area contributed by atoms with E-state index in [1.807, 2.05) is 6.07 Å². The minimum atomic E-state index is -0.471. The predicted octanol–water partition coefficient (Wildman–Crippen LogP) is 1.68. The van der Waals surface area contributed by atoms with Crippen molar-refractivity contribution < 1.29 is 9.90 Å². The monoisotopic (exact) mass is 218 g/mol. The molecule has 0 saturated heterocycles. The minimum absolute atomic E-state index is 0.160. The van der Waals surface area contributed by atoms with E-state index in [4.69, 9.17) is 5.26 Å². The number of aryl methyl sites for hydroxylation is 1. The summed E-state index contributed by atoms with van der Waals surface area (Å²) >= 11 is 0. The van der Waals surface area contributed by atoms with Crippen molar-refractivity contribution in [3.8, 4) is 11.8 Å². The molecule has 4 heteroatoms. The molecule has 0 saturated carbocycles. The van der Waals surface area contributed by atoms with Crippen molar-refractivity contribution in [3.63, 3.8) is 0 Å². The van der Waals surface area contributed by atoms with E-state index in [1.165, 1.54) is 11.0 Å². The average Bonchev–Trinajstić information content (AvgIpc) is 2.29. The molecule has 0 spiro atoms. The largest absolute Gasteiger partial charge is 0.508 e. The van der Waals surface area contributed by atoms with Gasteiger partial charge in [0.25, 0.3) is 5.91 Å². The lowest BCUT2D eigenvalue weighted by molar-refractivity contribution is 0.0773. The third-order valence-corrected chi connectivity index (χ3v) is 2.53. The Hall–Kier alpha value is -2.02. The van der Waals surface area contributed by atoms with Crippen molar-refractivity contribution in [2.45, 2.75) is 19.9 Å². The Kier molecular flexibility index (Phi) is 3.51. The van der Waals surface area contributed by atoms with Crippen LogP contribution in [0.1, 0.15) is 22.8 Å². The molecule has 0 aliphatic heterocycles. The number of benzene rings is 1. The van der Waals surface area contributed by atoms with Crippen molar-refractivity contribution in [1.82, 2.24) is 4.90 Å². The first-order valence-corrected chi connectivity index (χ1v) is 4.93. The van der Waals surface area contributed by atoms with Crippen molar-refractivity contribution in [2.75, 3.05) is 7.05 Å². The zero-order valence-corrected chi connectivity index (χ0v) is 9.56. The van der Waals surface area contributed by atoms with E-state index in [1.54, 1.807) is 33.0 Å². The highest BCUT2D eigenvalue weighted by molar-refractivity contribution is 5.94. The van der Waals surface area contributed by atoms with Gasteiger partial charge in [-0.1, -0.05) is 0 Å². The summed E-state index contributed by atoms with van der Waals surface area (Å²) in [6, 6.07) is 6.16. The predicted molar refractivity (Wildman–Crippen MR) is 60.0 cm³/mol. The molecule has 84 valence electrons. The van der Waals surface area contributed by atoms with Crippen LogP contribution in [0.2, 0.25) is 0 Å². The van der Waals surface area contributed by atoms with Gasteiger partial charge in [0.2, 0.25) is 0 Å². The molecule has 0 heterocycles. The first kappa shape index (κ1) is 12.1. The molecule has 1 unspecified atom stereocenters. The highest BCUT2D eigenvalue weighted by atomic mass is 16.3. The van der Waals surface area contributed by atoms with Crippen molar-refractivity contribution in [3.05, 3.63) is 29.3 Å². The van der Waals surface area contributed by atoms with Crippen LogP contribution < -0.4 is 0 Å². The van der Waals surface area contributed by atoms with E-state index in [0.29, 0.717) is 11.1 Å². The quantitative estimate of drug-likeness (QED) is 0.821. The number of nitriles is 1. The molecule has 1 amide bonds. The second-order valence-electron chi connectivity index (χ2n) is 3.72. The van der Waals surface area contributed by atoms with Gasteiger partial charge in [0.1, 0.15) is 11.8 Å². The summed E-state index contributed by atoms with van der Waals surface area (Å²) in [5.74, 6) is -0.0651. The van der Waals surface area contributed by atoms with Gasteiger partial charge in [0, 0.05) is 12.6 Å². The molecule has 16 heavy (non-hydrogen) atoms. The summed E-state index contributed by atoms with van der Waals surface area (Å²) in [6.45, 7) is 3.38. The normalized spacial score (nSPS) is 11.6. The number of hydrogen-bond donors (Lipinski definition) is 1. The van der Waals surface area contributed by atoms with Crippen LogP contribution in [0.4, 0.5) is 0 Å². The summed E-state index contributed by atoms with van der Waals surface area (Å²) in [5.41, 5.74) is 1.11. The Balaban J connectivity index is 2.98. The average molecular weight is 218 g/mol. The lowest BCUT2D eigenvalue weighted by Crippen LogP contribution is -2.34. The second kappa shape index (κ2) is 4.67. The summed E-state index contributed by atoms with van der Waals surface area (Å²) in [7, 11) is 1.58. The van der Waals surface area contributed by atoms with Gasteiger partial charge in [-0.15, -0.1) is 0 Å². The van der Waals surface area contributed by atoms with Crippen molar-refractivity contribution >= 4 is 5.91 Å². The summed E-state index contributed by atoms with van der Waals surface area (Å²) in [6.07, 6.45) is 0. The Bertz CT molecular complexity index is 449. The highest BCUT2D eigenvalue weighted by Gasteiger charge is 2.17. The van der Waals surface area contributed by atoms with Crippen LogP contribution >= 0.6 is 0 Å². The Morgan fingerprint density at radius 3 is 2.69 bits per heavy atom. The van der Waals surface area contributed by atoms with Gasteiger partial charge in [0.15, 0.2) is 0 Å². The Labute approximate surface area is 94.7 Å². The lowest BCUT2D eigenvalue weighted by atomic mass is 10.1. The first-order valence-electron chi connectivity index (χ1n) is 4.93. The van der Waals surface area contributed by atoms with Crippen LogP contribution in [0, 0.1) is 18.3 Å². The maximum Gasteiger partial charge on any atom is 0.254 e. The molecular weight excluding hydrogens is 204 g/mol. The zero-order chi connectivity index (χ0) is 12.3. The van der Waals surface area contributed by atoms with Gasteiger partial charge in [-0.05, 0) is 37.6 Å². The van der Waals surface area contributed by atoms with E-state index < -0.39 is 6.04 Å². The van der Waals surface area contributed by atoms with Crippen LogP contribution in [0.3, 0.4) is 0 Å². The van der Waals surface area contributed by atoms with Gasteiger partial charge >= 0.3 is 0 Å². The molecule has 0 bridgehead atoms. The molecule has 0 aromatic heterocycles. The van der Waals surface area contributed by atoms with E-state index in [9.17, 15) is 9.90 Å². The Morgan fingerprint density at radius 2 is 2.19 bits per heavy atom. The first-order chi connectivity index (χ1) is 7.47. The molecule has 1 N–H and O–H groups in total. The van der Waals surface area contributed by atoms with Gasteiger partial charge in [-0.25, -0.2) is 0 Å². The van der Waals surface area contributed by atoms with Crippen molar-refractivity contribution in [1.29, 1.82) is 5.26 Å².